The number of amides is 2. The highest BCUT2D eigenvalue weighted by molar-refractivity contribution is 8.00. The molecule has 1 heterocycles. The first-order valence-electron chi connectivity index (χ1n) is 8.04. The zero-order chi connectivity index (χ0) is 16.2. The van der Waals surface area contributed by atoms with Crippen molar-refractivity contribution in [3.05, 3.63) is 59.7 Å². The summed E-state index contributed by atoms with van der Waals surface area (Å²) in [6.45, 7) is 5.56. The molecule has 0 spiro atoms. The van der Waals surface area contributed by atoms with E-state index in [9.17, 15) is 4.79 Å². The molecule has 1 aliphatic rings. The molecule has 120 valence electrons. The lowest BCUT2D eigenvalue weighted by atomic mass is 10.1. The van der Waals surface area contributed by atoms with E-state index in [0.717, 1.165) is 24.2 Å². The molecule has 4 heteroatoms. The number of benzene rings is 2. The second-order valence-corrected chi connectivity index (χ2v) is 7.21. The number of nitrogens with one attached hydrogen (secondary N) is 1. The molecule has 1 aliphatic heterocycles. The van der Waals surface area contributed by atoms with Gasteiger partial charge in [0.25, 0.3) is 0 Å². The lowest BCUT2D eigenvalue weighted by Gasteiger charge is -2.33. The molecule has 3 nitrogen and oxygen atoms in total. The normalized spacial score (nSPS) is 16.8. The smallest absolute Gasteiger partial charge is 0.322 e. The molecule has 0 bridgehead atoms. The number of hydrogen-bond acceptors (Lipinski definition) is 2. The van der Waals surface area contributed by atoms with Crippen LogP contribution in [0.1, 0.15) is 24.5 Å². The maximum Gasteiger partial charge on any atom is 0.322 e. The van der Waals surface area contributed by atoms with Gasteiger partial charge in [-0.2, -0.15) is 0 Å². The summed E-state index contributed by atoms with van der Waals surface area (Å²) < 4.78 is 0. The van der Waals surface area contributed by atoms with Crippen LogP contribution >= 0.6 is 11.8 Å². The lowest BCUT2D eigenvalue weighted by molar-refractivity contribution is 0.245. The second kappa shape index (κ2) is 7.09. The Bertz CT molecular complexity index is 684. The SMILES string of the molecule is CCC1CN(C(=O)NCc2ccc(C)cc2)c2ccccc2S1. The van der Waals surface area contributed by atoms with Crippen LogP contribution in [-0.2, 0) is 6.54 Å². The standard InChI is InChI=1S/C19H22N2OS/c1-3-16-13-21(17-6-4-5-7-18(17)23-16)19(22)20-12-15-10-8-14(2)9-11-15/h4-11,16H,3,12-13H2,1-2H3,(H,20,22). The van der Waals surface area contributed by atoms with Crippen LogP contribution in [0.5, 0.6) is 0 Å². The highest BCUT2D eigenvalue weighted by Gasteiger charge is 2.27. The minimum atomic E-state index is -0.0169. The van der Waals surface area contributed by atoms with Crippen LogP contribution in [0.15, 0.2) is 53.4 Å². The van der Waals surface area contributed by atoms with E-state index >= 15 is 0 Å². The first-order chi connectivity index (χ1) is 11.2. The number of carbonyl (C=O) groups is 1. The summed E-state index contributed by atoms with van der Waals surface area (Å²) in [6, 6.07) is 16.4. The highest BCUT2D eigenvalue weighted by Crippen LogP contribution is 2.39. The van der Waals surface area contributed by atoms with Gasteiger partial charge in [-0.05, 0) is 31.0 Å². The van der Waals surface area contributed by atoms with E-state index in [4.69, 9.17) is 0 Å². The largest absolute Gasteiger partial charge is 0.334 e. The van der Waals surface area contributed by atoms with Crippen LogP contribution in [0.3, 0.4) is 0 Å². The Morgan fingerprint density at radius 2 is 1.96 bits per heavy atom. The van der Waals surface area contributed by atoms with Crippen molar-refractivity contribution >= 4 is 23.5 Å². The Labute approximate surface area is 142 Å². The van der Waals surface area contributed by atoms with E-state index in [-0.39, 0.29) is 6.03 Å². The molecule has 1 unspecified atom stereocenters. The number of urea groups is 1. The summed E-state index contributed by atoms with van der Waals surface area (Å²) in [6.07, 6.45) is 1.06. The number of carbonyl (C=O) groups excluding carboxylic acids is 1. The molecule has 3 rings (SSSR count). The van der Waals surface area contributed by atoms with Gasteiger partial charge in [-0.3, -0.25) is 4.90 Å². The third-order valence-corrected chi connectivity index (χ3v) is 5.52. The minimum Gasteiger partial charge on any atom is -0.334 e. The van der Waals surface area contributed by atoms with Crippen LogP contribution in [-0.4, -0.2) is 17.8 Å². The van der Waals surface area contributed by atoms with Gasteiger partial charge < -0.3 is 5.32 Å². The van der Waals surface area contributed by atoms with Gasteiger partial charge in [0.15, 0.2) is 0 Å². The maximum absolute atomic E-state index is 12.7. The fourth-order valence-corrected chi connectivity index (χ4v) is 3.89. The Hall–Kier alpha value is -1.94. The van der Waals surface area contributed by atoms with Crippen LogP contribution < -0.4 is 10.2 Å². The van der Waals surface area contributed by atoms with Crippen molar-refractivity contribution in [1.29, 1.82) is 0 Å². The molecule has 0 saturated carbocycles. The van der Waals surface area contributed by atoms with Gasteiger partial charge in [0.2, 0.25) is 0 Å². The van der Waals surface area contributed by atoms with Gasteiger partial charge in [0.05, 0.1) is 5.69 Å². The average Bonchev–Trinajstić information content (AvgIpc) is 2.60. The summed E-state index contributed by atoms with van der Waals surface area (Å²) in [4.78, 5) is 15.7. The molecule has 0 fully saturated rings. The van der Waals surface area contributed by atoms with Crippen molar-refractivity contribution in [1.82, 2.24) is 5.32 Å². The van der Waals surface area contributed by atoms with Crippen LogP contribution in [0.2, 0.25) is 0 Å². The molecule has 0 aliphatic carbocycles. The molecule has 0 radical (unpaired) electrons. The quantitative estimate of drug-likeness (QED) is 0.894. The molecule has 2 aromatic carbocycles. The molecular formula is C19H22N2OS. The highest BCUT2D eigenvalue weighted by atomic mass is 32.2. The molecular weight excluding hydrogens is 304 g/mol. The van der Waals surface area contributed by atoms with Gasteiger partial charge in [0.1, 0.15) is 0 Å². The van der Waals surface area contributed by atoms with Gasteiger partial charge in [-0.1, -0.05) is 48.9 Å². The summed E-state index contributed by atoms with van der Waals surface area (Å²) in [5.74, 6) is 0. The predicted molar refractivity (Wildman–Crippen MR) is 97.1 cm³/mol. The number of aryl methyl sites for hydroxylation is 1. The van der Waals surface area contributed by atoms with Gasteiger partial charge in [-0.25, -0.2) is 4.79 Å². The van der Waals surface area contributed by atoms with E-state index in [2.05, 4.69) is 49.5 Å². The van der Waals surface area contributed by atoms with E-state index in [1.165, 1.54) is 10.5 Å². The molecule has 0 saturated heterocycles. The number of thioether (sulfide) groups is 1. The third-order valence-electron chi connectivity index (χ3n) is 4.10. The number of rotatable bonds is 3. The number of para-hydroxylation sites is 1. The Morgan fingerprint density at radius 3 is 2.70 bits per heavy atom. The maximum atomic E-state index is 12.7. The monoisotopic (exact) mass is 326 g/mol. The lowest BCUT2D eigenvalue weighted by Crippen LogP contribution is -2.45. The topological polar surface area (TPSA) is 32.3 Å². The molecule has 23 heavy (non-hydrogen) atoms. The molecule has 1 atom stereocenters. The Morgan fingerprint density at radius 1 is 1.22 bits per heavy atom. The number of fused-ring (bicyclic) bond motifs is 1. The Balaban J connectivity index is 1.72. The van der Waals surface area contributed by atoms with Crippen molar-refractivity contribution in [2.24, 2.45) is 0 Å². The zero-order valence-electron chi connectivity index (χ0n) is 13.6. The van der Waals surface area contributed by atoms with Gasteiger partial charge in [0, 0.05) is 23.2 Å². The van der Waals surface area contributed by atoms with E-state index in [0.29, 0.717) is 11.8 Å². The fourth-order valence-electron chi connectivity index (χ4n) is 2.68. The van der Waals surface area contributed by atoms with Crippen molar-refractivity contribution < 1.29 is 4.79 Å². The molecule has 0 aromatic heterocycles. The van der Waals surface area contributed by atoms with Crippen LogP contribution in [0, 0.1) is 6.92 Å². The van der Waals surface area contributed by atoms with E-state index in [1.54, 1.807) is 0 Å². The first kappa shape index (κ1) is 15.9. The zero-order valence-corrected chi connectivity index (χ0v) is 14.4. The van der Waals surface area contributed by atoms with Crippen LogP contribution in [0.4, 0.5) is 10.5 Å². The van der Waals surface area contributed by atoms with Crippen LogP contribution in [0.25, 0.3) is 0 Å². The van der Waals surface area contributed by atoms with E-state index in [1.807, 2.05) is 34.9 Å². The fraction of sp³-hybridized carbons (Fsp3) is 0.316. The average molecular weight is 326 g/mol. The van der Waals surface area contributed by atoms with Crippen molar-refractivity contribution in [2.75, 3.05) is 11.4 Å². The summed E-state index contributed by atoms with van der Waals surface area (Å²) in [5, 5.41) is 3.51. The molecule has 2 amide bonds. The van der Waals surface area contributed by atoms with Gasteiger partial charge in [-0.15, -0.1) is 11.8 Å². The predicted octanol–water partition coefficient (Wildman–Crippen LogP) is 4.60. The summed E-state index contributed by atoms with van der Waals surface area (Å²) >= 11 is 1.87. The van der Waals surface area contributed by atoms with Crippen molar-refractivity contribution in [3.8, 4) is 0 Å². The van der Waals surface area contributed by atoms with Crippen molar-refractivity contribution in [3.63, 3.8) is 0 Å². The number of hydrogen-bond donors (Lipinski definition) is 1. The molecule has 2 aromatic rings. The summed E-state index contributed by atoms with van der Waals surface area (Å²) in [5.41, 5.74) is 3.37. The number of anilines is 1. The third kappa shape index (κ3) is 3.70. The minimum absolute atomic E-state index is 0.0169. The number of nitrogens with zero attached hydrogens (tertiary/aromatic N) is 1. The summed E-state index contributed by atoms with van der Waals surface area (Å²) in [7, 11) is 0. The second-order valence-electron chi connectivity index (χ2n) is 5.87. The first-order valence-corrected chi connectivity index (χ1v) is 8.92. The Kier molecular flexibility index (Phi) is 4.91. The van der Waals surface area contributed by atoms with Crippen molar-refractivity contribution in [2.45, 2.75) is 37.0 Å². The van der Waals surface area contributed by atoms with E-state index < -0.39 is 0 Å². The van der Waals surface area contributed by atoms with Gasteiger partial charge >= 0.3 is 6.03 Å². The molecule has 1 N–H and O–H groups in total.